The van der Waals surface area contributed by atoms with Crippen LogP contribution in [0.5, 0.6) is 0 Å². The van der Waals surface area contributed by atoms with E-state index in [1.807, 2.05) is 6.92 Å². The third-order valence-corrected chi connectivity index (χ3v) is 4.59. The van der Waals surface area contributed by atoms with Crippen LogP contribution < -0.4 is 5.32 Å². The summed E-state index contributed by atoms with van der Waals surface area (Å²) < 4.78 is 9.53. The highest BCUT2D eigenvalue weighted by Crippen LogP contribution is 2.33. The molecule has 1 fully saturated rings. The number of methoxy groups -OCH3 is 1. The van der Waals surface area contributed by atoms with Gasteiger partial charge in [0.25, 0.3) is 0 Å². The summed E-state index contributed by atoms with van der Waals surface area (Å²) in [6.45, 7) is 6.60. The second-order valence-electron chi connectivity index (χ2n) is 5.00. The summed E-state index contributed by atoms with van der Waals surface area (Å²) >= 11 is 1.43. The molecule has 0 aromatic carbocycles. The Morgan fingerprint density at radius 1 is 1.41 bits per heavy atom. The van der Waals surface area contributed by atoms with E-state index in [4.69, 9.17) is 4.74 Å². The van der Waals surface area contributed by atoms with E-state index in [0.29, 0.717) is 12.0 Å². The van der Waals surface area contributed by atoms with Crippen LogP contribution in [0.1, 0.15) is 45.5 Å². The monoisotopic (exact) mass is 255 g/mol. The molecule has 17 heavy (non-hydrogen) atoms. The molecule has 1 saturated carbocycles. The second-order valence-corrected chi connectivity index (χ2v) is 5.75. The third kappa shape index (κ3) is 2.77. The van der Waals surface area contributed by atoms with Gasteiger partial charge in [-0.1, -0.05) is 13.8 Å². The van der Waals surface area contributed by atoms with Crippen molar-refractivity contribution in [3.8, 4) is 0 Å². The average molecular weight is 255 g/mol. The zero-order valence-electron chi connectivity index (χ0n) is 10.9. The fraction of sp³-hybridized carbons (Fsp3) is 0.833. The van der Waals surface area contributed by atoms with Gasteiger partial charge in [0.15, 0.2) is 5.82 Å². The molecule has 2 rings (SSSR count). The molecular formula is C12H21N3OS. The van der Waals surface area contributed by atoms with Crippen molar-refractivity contribution in [2.75, 3.05) is 12.4 Å². The number of nitrogens with one attached hydrogen (secondary N) is 1. The summed E-state index contributed by atoms with van der Waals surface area (Å²) in [4.78, 5) is 4.48. The first-order chi connectivity index (χ1) is 8.11. The van der Waals surface area contributed by atoms with Crippen molar-refractivity contribution in [3.05, 3.63) is 5.82 Å². The molecule has 0 radical (unpaired) electrons. The largest absolute Gasteiger partial charge is 0.374 e. The van der Waals surface area contributed by atoms with Gasteiger partial charge in [0.1, 0.15) is 6.10 Å². The molecule has 96 valence electrons. The fourth-order valence-corrected chi connectivity index (χ4v) is 3.00. The van der Waals surface area contributed by atoms with Gasteiger partial charge in [-0.3, -0.25) is 0 Å². The number of ether oxygens (including phenoxy) is 1. The maximum atomic E-state index is 5.21. The molecule has 4 unspecified atom stereocenters. The van der Waals surface area contributed by atoms with Gasteiger partial charge in [-0.15, -0.1) is 0 Å². The molecule has 1 aliphatic carbocycles. The van der Waals surface area contributed by atoms with Gasteiger partial charge < -0.3 is 10.1 Å². The van der Waals surface area contributed by atoms with Crippen LogP contribution in [0.3, 0.4) is 0 Å². The maximum Gasteiger partial charge on any atom is 0.202 e. The molecule has 0 amide bonds. The first-order valence-corrected chi connectivity index (χ1v) is 7.02. The molecule has 4 nitrogen and oxygen atoms in total. The molecule has 1 aromatic rings. The Kier molecular flexibility index (Phi) is 3.99. The number of aromatic nitrogens is 2. The predicted molar refractivity (Wildman–Crippen MR) is 70.3 cm³/mol. The molecule has 1 N–H and O–H groups in total. The minimum absolute atomic E-state index is 0.0262. The smallest absolute Gasteiger partial charge is 0.202 e. The van der Waals surface area contributed by atoms with Crippen molar-refractivity contribution in [2.45, 2.75) is 45.8 Å². The van der Waals surface area contributed by atoms with E-state index in [1.54, 1.807) is 7.11 Å². The SMILES string of the molecule is COC(C)c1nsc(NC2CCC(C)C2C)n1. The van der Waals surface area contributed by atoms with Crippen LogP contribution in [0.4, 0.5) is 5.13 Å². The summed E-state index contributed by atoms with van der Waals surface area (Å²) in [6, 6.07) is 0.545. The molecule has 5 heteroatoms. The fourth-order valence-electron chi connectivity index (χ4n) is 2.29. The molecule has 0 bridgehead atoms. The van der Waals surface area contributed by atoms with E-state index < -0.39 is 0 Å². The first-order valence-electron chi connectivity index (χ1n) is 6.24. The van der Waals surface area contributed by atoms with E-state index in [0.717, 1.165) is 16.9 Å². The number of hydrogen-bond acceptors (Lipinski definition) is 5. The minimum Gasteiger partial charge on any atom is -0.374 e. The summed E-state index contributed by atoms with van der Waals surface area (Å²) in [7, 11) is 1.68. The highest BCUT2D eigenvalue weighted by Gasteiger charge is 2.30. The molecule has 1 aliphatic rings. The Balaban J connectivity index is 1.97. The maximum absolute atomic E-state index is 5.21. The van der Waals surface area contributed by atoms with Gasteiger partial charge in [0, 0.05) is 24.7 Å². The molecule has 0 saturated heterocycles. The molecule has 1 heterocycles. The normalized spacial score (nSPS) is 30.5. The van der Waals surface area contributed by atoms with E-state index >= 15 is 0 Å². The number of hydrogen-bond donors (Lipinski definition) is 1. The lowest BCUT2D eigenvalue weighted by molar-refractivity contribution is 0.113. The van der Waals surface area contributed by atoms with Gasteiger partial charge in [-0.25, -0.2) is 4.98 Å². The zero-order chi connectivity index (χ0) is 12.4. The zero-order valence-corrected chi connectivity index (χ0v) is 11.8. The van der Waals surface area contributed by atoms with Crippen molar-refractivity contribution in [1.29, 1.82) is 0 Å². The highest BCUT2D eigenvalue weighted by atomic mass is 32.1. The third-order valence-electron chi connectivity index (χ3n) is 3.93. The van der Waals surface area contributed by atoms with Crippen LogP contribution in [-0.2, 0) is 4.74 Å². The Morgan fingerprint density at radius 3 is 2.76 bits per heavy atom. The highest BCUT2D eigenvalue weighted by molar-refractivity contribution is 7.09. The molecule has 0 spiro atoms. The topological polar surface area (TPSA) is 47.0 Å². The molecule has 0 aliphatic heterocycles. The van der Waals surface area contributed by atoms with E-state index in [9.17, 15) is 0 Å². The van der Waals surface area contributed by atoms with E-state index in [1.165, 1.54) is 24.4 Å². The van der Waals surface area contributed by atoms with Crippen LogP contribution in [0.25, 0.3) is 0 Å². The lowest BCUT2D eigenvalue weighted by atomic mass is 9.98. The summed E-state index contributed by atoms with van der Waals surface area (Å²) in [6.07, 6.45) is 2.51. The van der Waals surface area contributed by atoms with Gasteiger partial charge >= 0.3 is 0 Å². The van der Waals surface area contributed by atoms with E-state index in [2.05, 4.69) is 28.5 Å². The molecular weight excluding hydrogens is 234 g/mol. The lowest BCUT2D eigenvalue weighted by Gasteiger charge is -2.18. The van der Waals surface area contributed by atoms with Crippen molar-refractivity contribution in [2.24, 2.45) is 11.8 Å². The van der Waals surface area contributed by atoms with Crippen LogP contribution in [0.15, 0.2) is 0 Å². The first kappa shape index (κ1) is 12.8. The van der Waals surface area contributed by atoms with Gasteiger partial charge in [-0.2, -0.15) is 4.37 Å². The Morgan fingerprint density at radius 2 is 2.18 bits per heavy atom. The van der Waals surface area contributed by atoms with Crippen molar-refractivity contribution < 1.29 is 4.74 Å². The molecule has 1 aromatic heterocycles. The van der Waals surface area contributed by atoms with Crippen LogP contribution in [-0.4, -0.2) is 22.5 Å². The lowest BCUT2D eigenvalue weighted by Crippen LogP contribution is -2.23. The van der Waals surface area contributed by atoms with Crippen molar-refractivity contribution in [1.82, 2.24) is 9.36 Å². The summed E-state index contributed by atoms with van der Waals surface area (Å²) in [5.41, 5.74) is 0. The summed E-state index contributed by atoms with van der Waals surface area (Å²) in [5, 5.41) is 4.44. The van der Waals surface area contributed by atoms with Gasteiger partial charge in [-0.05, 0) is 31.6 Å². The predicted octanol–water partition coefficient (Wildman–Crippen LogP) is 3.09. The van der Waals surface area contributed by atoms with E-state index in [-0.39, 0.29) is 6.10 Å². The number of anilines is 1. The average Bonchev–Trinajstić information content (AvgIpc) is 2.91. The van der Waals surface area contributed by atoms with Crippen LogP contribution in [0, 0.1) is 11.8 Å². The number of rotatable bonds is 4. The standard InChI is InChI=1S/C12H21N3OS/c1-7-5-6-10(8(7)2)13-12-14-11(15-17-12)9(3)16-4/h7-10H,5-6H2,1-4H3,(H,13,14,15). The minimum atomic E-state index is -0.0262. The van der Waals surface area contributed by atoms with Crippen LogP contribution >= 0.6 is 11.5 Å². The van der Waals surface area contributed by atoms with Crippen LogP contribution in [0.2, 0.25) is 0 Å². The Labute approximate surface area is 107 Å². The quantitative estimate of drug-likeness (QED) is 0.898. The van der Waals surface area contributed by atoms with Crippen molar-refractivity contribution in [3.63, 3.8) is 0 Å². The Hall–Kier alpha value is -0.680. The van der Waals surface area contributed by atoms with Gasteiger partial charge in [0.05, 0.1) is 0 Å². The molecule has 4 atom stereocenters. The Bertz CT molecular complexity index is 368. The second kappa shape index (κ2) is 5.31. The van der Waals surface area contributed by atoms with Gasteiger partial charge in [0.2, 0.25) is 5.13 Å². The number of nitrogens with zero attached hydrogens (tertiary/aromatic N) is 2. The summed E-state index contributed by atoms with van der Waals surface area (Å²) in [5.74, 6) is 2.29. The van der Waals surface area contributed by atoms with Crippen molar-refractivity contribution >= 4 is 16.7 Å².